The zero-order valence-electron chi connectivity index (χ0n) is 12.4. The third kappa shape index (κ3) is 3.78. The summed E-state index contributed by atoms with van der Waals surface area (Å²) >= 11 is 2.96. The number of carbonyl (C=O) groups is 1. The highest BCUT2D eigenvalue weighted by Gasteiger charge is 2.24. The monoisotopic (exact) mass is 334 g/mol. The second kappa shape index (κ2) is 7.11. The van der Waals surface area contributed by atoms with E-state index in [1.807, 2.05) is 42.2 Å². The summed E-state index contributed by atoms with van der Waals surface area (Å²) in [4.78, 5) is 14.2. The van der Waals surface area contributed by atoms with Crippen molar-refractivity contribution in [2.75, 3.05) is 18.4 Å². The number of thioether (sulfide) groups is 1. The Morgan fingerprint density at radius 3 is 2.73 bits per heavy atom. The van der Waals surface area contributed by atoms with Crippen LogP contribution >= 0.6 is 23.1 Å². The number of nitrogens with one attached hydrogen (secondary N) is 1. The van der Waals surface area contributed by atoms with Gasteiger partial charge in [-0.15, -0.1) is 10.2 Å². The molecule has 1 atom stereocenters. The largest absolute Gasteiger partial charge is 0.342 e. The number of amides is 1. The molecule has 1 amide bonds. The number of hydrogen-bond donors (Lipinski definition) is 1. The zero-order chi connectivity index (χ0) is 15.4. The number of hydrogen-bond acceptors (Lipinski definition) is 6. The highest BCUT2D eigenvalue weighted by atomic mass is 32.2. The molecule has 5 nitrogen and oxygen atoms in total. The smallest absolute Gasteiger partial charge is 0.235 e. The van der Waals surface area contributed by atoms with Gasteiger partial charge in [0.05, 0.1) is 5.25 Å². The summed E-state index contributed by atoms with van der Waals surface area (Å²) in [5.74, 6) is 0.204. The average molecular weight is 334 g/mol. The van der Waals surface area contributed by atoms with E-state index in [-0.39, 0.29) is 11.2 Å². The maximum absolute atomic E-state index is 12.3. The van der Waals surface area contributed by atoms with E-state index in [2.05, 4.69) is 15.5 Å². The van der Waals surface area contributed by atoms with Crippen molar-refractivity contribution in [3.05, 3.63) is 30.3 Å². The summed E-state index contributed by atoms with van der Waals surface area (Å²) in [5, 5.41) is 12.1. The summed E-state index contributed by atoms with van der Waals surface area (Å²) in [7, 11) is 0. The highest BCUT2D eigenvalue weighted by Crippen LogP contribution is 2.31. The van der Waals surface area contributed by atoms with Gasteiger partial charge in [0.25, 0.3) is 0 Å². The van der Waals surface area contributed by atoms with Crippen LogP contribution in [0, 0.1) is 0 Å². The Labute approximate surface area is 138 Å². The average Bonchev–Trinajstić information content (AvgIpc) is 3.19. The minimum atomic E-state index is -0.115. The summed E-state index contributed by atoms with van der Waals surface area (Å²) in [6, 6.07) is 9.87. The predicted molar refractivity (Wildman–Crippen MR) is 90.8 cm³/mol. The zero-order valence-corrected chi connectivity index (χ0v) is 14.0. The Hall–Kier alpha value is -1.60. The minimum Gasteiger partial charge on any atom is -0.342 e. The van der Waals surface area contributed by atoms with Gasteiger partial charge >= 0.3 is 0 Å². The van der Waals surface area contributed by atoms with E-state index < -0.39 is 0 Å². The molecule has 2 heterocycles. The first kappa shape index (κ1) is 15.3. The van der Waals surface area contributed by atoms with E-state index in [0.29, 0.717) is 0 Å². The Morgan fingerprint density at radius 1 is 1.27 bits per heavy atom. The number of carbonyl (C=O) groups excluding carboxylic acids is 1. The molecule has 3 rings (SSSR count). The molecule has 2 aromatic rings. The SMILES string of the molecule is C[C@@H](Sc1nnc(Nc2ccccc2)s1)C(=O)N1CCCC1. The molecule has 0 unspecified atom stereocenters. The van der Waals surface area contributed by atoms with Gasteiger partial charge in [-0.2, -0.15) is 0 Å². The lowest BCUT2D eigenvalue weighted by Crippen LogP contribution is -2.33. The topological polar surface area (TPSA) is 58.1 Å². The van der Waals surface area contributed by atoms with Crippen molar-refractivity contribution in [2.45, 2.75) is 29.4 Å². The molecule has 1 saturated heterocycles. The van der Waals surface area contributed by atoms with Gasteiger partial charge < -0.3 is 10.2 Å². The van der Waals surface area contributed by atoms with E-state index in [1.54, 1.807) is 0 Å². The lowest BCUT2D eigenvalue weighted by atomic mass is 10.3. The van der Waals surface area contributed by atoms with Crippen LogP contribution in [0.3, 0.4) is 0 Å². The lowest BCUT2D eigenvalue weighted by molar-refractivity contribution is -0.129. The molecule has 1 aliphatic heterocycles. The van der Waals surface area contributed by atoms with Gasteiger partial charge in [0.1, 0.15) is 0 Å². The molecule has 1 N–H and O–H groups in total. The third-order valence-electron chi connectivity index (χ3n) is 3.47. The number of aromatic nitrogens is 2. The van der Waals surface area contributed by atoms with Crippen LogP contribution in [0.2, 0.25) is 0 Å². The standard InChI is InChI=1S/C15H18N4OS2/c1-11(13(20)19-9-5-6-10-19)21-15-18-17-14(22-15)16-12-7-3-2-4-8-12/h2-4,7-8,11H,5-6,9-10H2,1H3,(H,16,17)/t11-/m1/s1. The molecule has 0 aliphatic carbocycles. The number of para-hydroxylation sites is 1. The first-order valence-corrected chi connectivity index (χ1v) is 9.03. The molecular weight excluding hydrogens is 316 g/mol. The van der Waals surface area contributed by atoms with Crippen molar-refractivity contribution >= 4 is 39.8 Å². The van der Waals surface area contributed by atoms with Crippen LogP contribution in [0.1, 0.15) is 19.8 Å². The molecule has 116 valence electrons. The van der Waals surface area contributed by atoms with Gasteiger partial charge in [0.2, 0.25) is 11.0 Å². The fourth-order valence-electron chi connectivity index (χ4n) is 2.35. The third-order valence-corrected chi connectivity index (χ3v) is 5.49. The van der Waals surface area contributed by atoms with Crippen molar-refractivity contribution in [1.82, 2.24) is 15.1 Å². The molecule has 0 spiro atoms. The fourth-order valence-corrected chi connectivity index (χ4v) is 4.35. The van der Waals surface area contributed by atoms with Gasteiger partial charge in [-0.1, -0.05) is 41.3 Å². The van der Waals surface area contributed by atoms with E-state index in [1.165, 1.54) is 23.1 Å². The molecule has 1 aromatic heterocycles. The highest BCUT2D eigenvalue weighted by molar-refractivity contribution is 8.02. The molecular formula is C15H18N4OS2. The van der Waals surface area contributed by atoms with E-state index in [0.717, 1.165) is 41.1 Å². The second-order valence-corrected chi connectivity index (χ2v) is 7.72. The van der Waals surface area contributed by atoms with Crippen molar-refractivity contribution < 1.29 is 4.79 Å². The van der Waals surface area contributed by atoms with Gasteiger partial charge in [-0.05, 0) is 31.9 Å². The van der Waals surface area contributed by atoms with Crippen LogP contribution in [0.4, 0.5) is 10.8 Å². The first-order valence-electron chi connectivity index (χ1n) is 7.33. The predicted octanol–water partition coefficient (Wildman–Crippen LogP) is 3.38. The first-order chi connectivity index (χ1) is 10.7. The van der Waals surface area contributed by atoms with Crippen LogP contribution < -0.4 is 5.32 Å². The van der Waals surface area contributed by atoms with Crippen LogP contribution in [0.25, 0.3) is 0 Å². The Morgan fingerprint density at radius 2 is 2.00 bits per heavy atom. The fraction of sp³-hybridized carbons (Fsp3) is 0.400. The van der Waals surface area contributed by atoms with Crippen LogP contribution in [-0.2, 0) is 4.79 Å². The minimum absolute atomic E-state index is 0.115. The number of anilines is 2. The van der Waals surface area contributed by atoms with Crippen LogP contribution in [-0.4, -0.2) is 39.3 Å². The quantitative estimate of drug-likeness (QED) is 0.850. The number of nitrogens with zero attached hydrogens (tertiary/aromatic N) is 3. The lowest BCUT2D eigenvalue weighted by Gasteiger charge is -2.18. The molecule has 0 saturated carbocycles. The maximum Gasteiger partial charge on any atom is 0.235 e. The normalized spacial score (nSPS) is 15.8. The molecule has 0 radical (unpaired) electrons. The van der Waals surface area contributed by atoms with E-state index in [4.69, 9.17) is 0 Å². The summed E-state index contributed by atoms with van der Waals surface area (Å²) in [6.07, 6.45) is 2.24. The van der Waals surface area contributed by atoms with Crippen molar-refractivity contribution in [3.8, 4) is 0 Å². The number of likely N-dealkylation sites (tertiary alicyclic amines) is 1. The van der Waals surface area contributed by atoms with Gasteiger partial charge in [0.15, 0.2) is 4.34 Å². The van der Waals surface area contributed by atoms with Gasteiger partial charge in [-0.3, -0.25) is 4.79 Å². The Kier molecular flexibility index (Phi) is 4.94. The van der Waals surface area contributed by atoms with Gasteiger partial charge in [-0.25, -0.2) is 0 Å². The summed E-state index contributed by atoms with van der Waals surface area (Å²) in [5.41, 5.74) is 0.983. The van der Waals surface area contributed by atoms with Crippen molar-refractivity contribution in [1.29, 1.82) is 0 Å². The maximum atomic E-state index is 12.3. The molecule has 1 aromatic carbocycles. The number of rotatable bonds is 5. The molecule has 7 heteroatoms. The Bertz CT molecular complexity index is 625. The molecule has 1 aliphatic rings. The molecule has 22 heavy (non-hydrogen) atoms. The van der Waals surface area contributed by atoms with Gasteiger partial charge in [0, 0.05) is 18.8 Å². The van der Waals surface area contributed by atoms with Crippen LogP contribution in [0.15, 0.2) is 34.7 Å². The summed E-state index contributed by atoms with van der Waals surface area (Å²) in [6.45, 7) is 3.72. The number of benzene rings is 1. The molecule has 1 fully saturated rings. The second-order valence-electron chi connectivity index (χ2n) is 5.16. The van der Waals surface area contributed by atoms with Crippen LogP contribution in [0.5, 0.6) is 0 Å². The van der Waals surface area contributed by atoms with E-state index in [9.17, 15) is 4.79 Å². The molecule has 0 bridgehead atoms. The van der Waals surface area contributed by atoms with Crippen molar-refractivity contribution in [3.63, 3.8) is 0 Å². The van der Waals surface area contributed by atoms with Crippen molar-refractivity contribution in [2.24, 2.45) is 0 Å². The summed E-state index contributed by atoms with van der Waals surface area (Å²) < 4.78 is 0.818. The van der Waals surface area contributed by atoms with E-state index >= 15 is 0 Å². The Balaban J connectivity index is 1.58.